The SMILES string of the molecule is CC(C)c1ccc(OCc2cc([C@@H]3CCN(C(=O)c4n[nH]c5c4CCCCC5)C3)n[nH]2)cc1. The van der Waals surface area contributed by atoms with Crippen LogP contribution in [0.25, 0.3) is 0 Å². The van der Waals surface area contributed by atoms with E-state index in [1.807, 2.05) is 17.0 Å². The van der Waals surface area contributed by atoms with E-state index < -0.39 is 0 Å². The number of aryl methyl sites for hydroxylation is 1. The molecule has 0 unspecified atom stereocenters. The first-order valence-electron chi connectivity index (χ1n) is 12.2. The van der Waals surface area contributed by atoms with E-state index in [9.17, 15) is 4.79 Å². The summed E-state index contributed by atoms with van der Waals surface area (Å²) in [4.78, 5) is 15.1. The number of aromatic amines is 2. The molecule has 2 N–H and O–H groups in total. The first-order valence-corrected chi connectivity index (χ1v) is 12.2. The van der Waals surface area contributed by atoms with E-state index in [4.69, 9.17) is 4.74 Å². The maximum atomic E-state index is 13.2. The van der Waals surface area contributed by atoms with Gasteiger partial charge >= 0.3 is 0 Å². The van der Waals surface area contributed by atoms with Gasteiger partial charge in [0.15, 0.2) is 5.69 Å². The van der Waals surface area contributed by atoms with Crippen LogP contribution >= 0.6 is 0 Å². The second kappa shape index (κ2) is 9.41. The quantitative estimate of drug-likeness (QED) is 0.535. The maximum Gasteiger partial charge on any atom is 0.274 e. The monoisotopic (exact) mass is 447 g/mol. The van der Waals surface area contributed by atoms with Gasteiger partial charge in [-0.15, -0.1) is 0 Å². The third-order valence-electron chi connectivity index (χ3n) is 6.99. The molecule has 5 rings (SSSR count). The van der Waals surface area contributed by atoms with Crippen molar-refractivity contribution < 1.29 is 9.53 Å². The van der Waals surface area contributed by atoms with Gasteiger partial charge in [0.2, 0.25) is 0 Å². The third kappa shape index (κ3) is 4.68. The van der Waals surface area contributed by atoms with Crippen molar-refractivity contribution in [2.45, 2.75) is 70.8 Å². The van der Waals surface area contributed by atoms with Crippen LogP contribution in [0.2, 0.25) is 0 Å². The number of carbonyl (C=O) groups is 1. The van der Waals surface area contributed by atoms with Crippen LogP contribution in [0.4, 0.5) is 0 Å². The molecule has 0 bridgehead atoms. The molecule has 33 heavy (non-hydrogen) atoms. The molecule has 7 heteroatoms. The number of amides is 1. The Bertz CT molecular complexity index is 1100. The largest absolute Gasteiger partial charge is 0.487 e. The minimum Gasteiger partial charge on any atom is -0.487 e. The standard InChI is InChI=1S/C26H33N5O2/c1-17(2)18-8-10-21(11-9-18)33-16-20-14-24(29-27-20)19-12-13-31(15-19)26(32)25-22-6-4-3-5-7-23(22)28-30-25/h8-11,14,17,19H,3-7,12-13,15-16H2,1-2H3,(H,27,29)(H,28,30)/t19-/m1/s1. The van der Waals surface area contributed by atoms with Gasteiger partial charge in [-0.3, -0.25) is 15.0 Å². The molecular formula is C26H33N5O2. The molecule has 1 aliphatic carbocycles. The molecule has 0 saturated carbocycles. The lowest BCUT2D eigenvalue weighted by Crippen LogP contribution is -2.29. The van der Waals surface area contributed by atoms with Crippen LogP contribution in [-0.2, 0) is 19.4 Å². The zero-order valence-electron chi connectivity index (χ0n) is 19.6. The van der Waals surface area contributed by atoms with E-state index >= 15 is 0 Å². The van der Waals surface area contributed by atoms with Crippen LogP contribution in [0, 0.1) is 0 Å². The Labute approximate surface area is 194 Å². The van der Waals surface area contributed by atoms with Crippen molar-refractivity contribution in [2.75, 3.05) is 13.1 Å². The lowest BCUT2D eigenvalue weighted by atomic mass is 10.0. The van der Waals surface area contributed by atoms with Crippen molar-refractivity contribution in [3.05, 3.63) is 64.2 Å². The maximum absolute atomic E-state index is 13.2. The fraction of sp³-hybridized carbons (Fsp3) is 0.500. The molecule has 7 nitrogen and oxygen atoms in total. The number of hydrogen-bond donors (Lipinski definition) is 2. The highest BCUT2D eigenvalue weighted by Gasteiger charge is 2.32. The third-order valence-corrected chi connectivity index (χ3v) is 6.99. The minimum absolute atomic E-state index is 0.0563. The molecular weight excluding hydrogens is 414 g/mol. The van der Waals surface area contributed by atoms with Gasteiger partial charge in [-0.1, -0.05) is 32.4 Å². The predicted octanol–water partition coefficient (Wildman–Crippen LogP) is 4.73. The highest BCUT2D eigenvalue weighted by molar-refractivity contribution is 5.94. The summed E-state index contributed by atoms with van der Waals surface area (Å²) in [5.41, 5.74) is 6.17. The summed E-state index contributed by atoms with van der Waals surface area (Å²) >= 11 is 0. The van der Waals surface area contributed by atoms with Gasteiger partial charge in [-0.25, -0.2) is 0 Å². The highest BCUT2D eigenvalue weighted by Crippen LogP contribution is 2.29. The van der Waals surface area contributed by atoms with Crippen LogP contribution < -0.4 is 4.74 Å². The average molecular weight is 448 g/mol. The molecule has 0 radical (unpaired) electrons. The summed E-state index contributed by atoms with van der Waals surface area (Å²) in [5, 5.41) is 15.2. The van der Waals surface area contributed by atoms with Crippen molar-refractivity contribution in [2.24, 2.45) is 0 Å². The molecule has 1 aromatic carbocycles. The summed E-state index contributed by atoms with van der Waals surface area (Å²) in [6.45, 7) is 6.24. The number of hydrogen-bond acceptors (Lipinski definition) is 4. The van der Waals surface area contributed by atoms with Gasteiger partial charge in [0.1, 0.15) is 12.4 Å². The summed E-state index contributed by atoms with van der Waals surface area (Å²) in [6.07, 6.45) is 6.39. The average Bonchev–Trinajstić information content (AvgIpc) is 3.55. The van der Waals surface area contributed by atoms with E-state index in [-0.39, 0.29) is 11.8 Å². The molecule has 3 heterocycles. The summed E-state index contributed by atoms with van der Waals surface area (Å²) < 4.78 is 5.93. The Morgan fingerprint density at radius 1 is 1.12 bits per heavy atom. The number of ether oxygens (including phenoxy) is 1. The number of rotatable bonds is 6. The molecule has 0 spiro atoms. The minimum atomic E-state index is 0.0563. The fourth-order valence-corrected chi connectivity index (χ4v) is 4.94. The second-order valence-electron chi connectivity index (χ2n) is 9.66. The number of H-pyrrole nitrogens is 2. The Morgan fingerprint density at radius 2 is 1.94 bits per heavy atom. The predicted molar refractivity (Wildman–Crippen MR) is 127 cm³/mol. The number of likely N-dealkylation sites (tertiary alicyclic amines) is 1. The zero-order valence-corrected chi connectivity index (χ0v) is 19.6. The van der Waals surface area contributed by atoms with Gasteiger partial charge in [0.05, 0.1) is 11.4 Å². The number of benzene rings is 1. The van der Waals surface area contributed by atoms with E-state index in [0.717, 1.165) is 60.6 Å². The number of carbonyl (C=O) groups excluding carboxylic acids is 1. The van der Waals surface area contributed by atoms with Crippen LogP contribution in [-0.4, -0.2) is 44.3 Å². The van der Waals surface area contributed by atoms with Crippen LogP contribution in [0.15, 0.2) is 30.3 Å². The molecule has 174 valence electrons. The lowest BCUT2D eigenvalue weighted by molar-refractivity contribution is 0.0783. The van der Waals surface area contributed by atoms with E-state index in [1.165, 1.54) is 18.4 Å². The van der Waals surface area contributed by atoms with Gasteiger partial charge in [0, 0.05) is 30.3 Å². The molecule has 3 aromatic rings. The summed E-state index contributed by atoms with van der Waals surface area (Å²) in [5.74, 6) is 1.66. The molecule has 2 aliphatic rings. The van der Waals surface area contributed by atoms with Crippen molar-refractivity contribution in [1.82, 2.24) is 25.3 Å². The van der Waals surface area contributed by atoms with E-state index in [0.29, 0.717) is 24.8 Å². The lowest BCUT2D eigenvalue weighted by Gasteiger charge is -2.15. The van der Waals surface area contributed by atoms with Crippen molar-refractivity contribution in [1.29, 1.82) is 0 Å². The Kier molecular flexibility index (Phi) is 6.20. The zero-order chi connectivity index (χ0) is 22.8. The van der Waals surface area contributed by atoms with Crippen LogP contribution in [0.3, 0.4) is 0 Å². The smallest absolute Gasteiger partial charge is 0.274 e. The van der Waals surface area contributed by atoms with E-state index in [2.05, 4.69) is 52.4 Å². The number of nitrogens with one attached hydrogen (secondary N) is 2. The molecule has 1 fully saturated rings. The highest BCUT2D eigenvalue weighted by atomic mass is 16.5. The molecule has 1 saturated heterocycles. The van der Waals surface area contributed by atoms with Crippen LogP contribution in [0.5, 0.6) is 5.75 Å². The Balaban J connectivity index is 1.18. The second-order valence-corrected chi connectivity index (χ2v) is 9.66. The molecule has 1 aliphatic heterocycles. The van der Waals surface area contributed by atoms with Crippen molar-refractivity contribution in [3.8, 4) is 5.75 Å². The van der Waals surface area contributed by atoms with Gasteiger partial charge in [0.25, 0.3) is 5.91 Å². The summed E-state index contributed by atoms with van der Waals surface area (Å²) in [7, 11) is 0. The molecule has 2 aromatic heterocycles. The van der Waals surface area contributed by atoms with Crippen molar-refractivity contribution in [3.63, 3.8) is 0 Å². The number of nitrogens with zero attached hydrogens (tertiary/aromatic N) is 3. The summed E-state index contributed by atoms with van der Waals surface area (Å²) in [6, 6.07) is 10.3. The normalized spacial score (nSPS) is 18.4. The van der Waals surface area contributed by atoms with Crippen LogP contribution in [0.1, 0.15) is 90.1 Å². The van der Waals surface area contributed by atoms with Gasteiger partial charge in [-0.2, -0.15) is 10.2 Å². The first-order chi connectivity index (χ1) is 16.1. The molecule has 1 amide bonds. The van der Waals surface area contributed by atoms with E-state index in [1.54, 1.807) is 0 Å². The first kappa shape index (κ1) is 21.7. The number of aromatic nitrogens is 4. The van der Waals surface area contributed by atoms with Crippen molar-refractivity contribution >= 4 is 5.91 Å². The Morgan fingerprint density at radius 3 is 2.76 bits per heavy atom. The van der Waals surface area contributed by atoms with Gasteiger partial charge < -0.3 is 9.64 Å². The number of fused-ring (bicyclic) bond motifs is 1. The molecule has 1 atom stereocenters. The Hall–Kier alpha value is -3.09. The van der Waals surface area contributed by atoms with Gasteiger partial charge in [-0.05, 0) is 61.8 Å². The topological polar surface area (TPSA) is 86.9 Å². The fourth-order valence-electron chi connectivity index (χ4n) is 4.94.